The average molecular weight is 796 g/mol. The van der Waals surface area contributed by atoms with Crippen molar-refractivity contribution in [2.24, 2.45) is 0 Å². The summed E-state index contributed by atoms with van der Waals surface area (Å²) in [7, 11) is 0. The molecule has 0 aliphatic heterocycles. The van der Waals surface area contributed by atoms with Crippen LogP contribution in [0.5, 0.6) is 5.75 Å². The summed E-state index contributed by atoms with van der Waals surface area (Å²) in [5, 5.41) is 14.7. The molecule has 0 bridgehead atoms. The topological polar surface area (TPSA) is 50.9 Å². The standard InChI is InChI=1S/C57H53N3O/c1-55(2,3)43-35-47(53(61)48(36-43)56(4,5)6)54-59-52-46(26-18-28-51(52)60(54)50-27-17-22-38-21-15-16-25-45(38)50)40-31-41(33-44(32-40)57(7,8)42-23-13-10-14-24-42)49-34-39(29-30-58-49)37-19-11-9-12-20-37/h9-36,61H,1-8H3. The fraction of sp³-hybridized carbons (Fsp3) is 0.193. The van der Waals surface area contributed by atoms with Crippen LogP contribution in [0.2, 0.25) is 0 Å². The normalized spacial score (nSPS) is 12.3. The Morgan fingerprint density at radius 2 is 1.16 bits per heavy atom. The van der Waals surface area contributed by atoms with Crippen molar-refractivity contribution in [2.45, 2.75) is 71.6 Å². The molecule has 0 radical (unpaired) electrons. The van der Waals surface area contributed by atoms with Gasteiger partial charge in [-0.1, -0.05) is 177 Å². The van der Waals surface area contributed by atoms with Crippen molar-refractivity contribution in [1.29, 1.82) is 0 Å². The second-order valence-electron chi connectivity index (χ2n) is 18.9. The summed E-state index contributed by atoms with van der Waals surface area (Å²) in [5.41, 5.74) is 13.4. The van der Waals surface area contributed by atoms with Gasteiger partial charge in [-0.25, -0.2) is 4.98 Å². The molecule has 302 valence electrons. The minimum atomic E-state index is -0.326. The maximum Gasteiger partial charge on any atom is 0.149 e. The third kappa shape index (κ3) is 7.31. The van der Waals surface area contributed by atoms with Gasteiger partial charge in [0.2, 0.25) is 0 Å². The van der Waals surface area contributed by atoms with E-state index < -0.39 is 0 Å². The first-order chi connectivity index (χ1) is 29.2. The van der Waals surface area contributed by atoms with E-state index in [1.807, 2.05) is 12.3 Å². The Labute approximate surface area is 360 Å². The number of imidazole rings is 1. The lowest BCUT2D eigenvalue weighted by Crippen LogP contribution is -2.19. The molecule has 0 fully saturated rings. The van der Waals surface area contributed by atoms with Crippen LogP contribution in [-0.4, -0.2) is 19.6 Å². The van der Waals surface area contributed by atoms with Crippen LogP contribution in [0.25, 0.3) is 72.4 Å². The van der Waals surface area contributed by atoms with Crippen LogP contribution in [0.4, 0.5) is 0 Å². The summed E-state index contributed by atoms with van der Waals surface area (Å²) in [6.07, 6.45) is 1.91. The van der Waals surface area contributed by atoms with Crippen LogP contribution in [0.15, 0.2) is 170 Å². The number of pyridine rings is 1. The minimum absolute atomic E-state index is 0.169. The SMILES string of the molecule is CC(C)(C)c1cc(-c2nc3c(-c4cc(-c5cc(-c6ccccc6)ccn5)cc(C(C)(C)c5ccccc5)c4)cccc3n2-c2cccc3ccccc23)c(O)c(C(C)(C)C)c1. The Kier molecular flexibility index (Phi) is 9.78. The van der Waals surface area contributed by atoms with Gasteiger partial charge in [0.25, 0.3) is 0 Å². The summed E-state index contributed by atoms with van der Waals surface area (Å²) >= 11 is 0. The number of phenols is 1. The largest absolute Gasteiger partial charge is 0.507 e. The minimum Gasteiger partial charge on any atom is -0.507 e. The van der Waals surface area contributed by atoms with Gasteiger partial charge < -0.3 is 5.11 Å². The Balaban J connectivity index is 1.35. The number of nitrogens with zero attached hydrogens (tertiary/aromatic N) is 3. The van der Waals surface area contributed by atoms with E-state index >= 15 is 0 Å². The number of aromatic nitrogens is 3. The quantitative estimate of drug-likeness (QED) is 0.175. The van der Waals surface area contributed by atoms with E-state index in [1.165, 1.54) is 11.1 Å². The van der Waals surface area contributed by atoms with Gasteiger partial charge in [0, 0.05) is 33.7 Å². The Morgan fingerprint density at radius 3 is 1.90 bits per heavy atom. The van der Waals surface area contributed by atoms with Crippen molar-refractivity contribution in [3.63, 3.8) is 0 Å². The second kappa shape index (κ2) is 15.0. The summed E-state index contributed by atoms with van der Waals surface area (Å²) in [4.78, 5) is 10.6. The predicted octanol–water partition coefficient (Wildman–Crippen LogP) is 14.9. The smallest absolute Gasteiger partial charge is 0.149 e. The molecule has 0 saturated heterocycles. The van der Waals surface area contributed by atoms with Crippen LogP contribution < -0.4 is 0 Å². The van der Waals surface area contributed by atoms with Crippen molar-refractivity contribution >= 4 is 21.8 Å². The summed E-state index contributed by atoms with van der Waals surface area (Å²) in [6, 6.07) is 58.1. The maximum atomic E-state index is 12.4. The van der Waals surface area contributed by atoms with Gasteiger partial charge in [-0.15, -0.1) is 0 Å². The fourth-order valence-electron chi connectivity index (χ4n) is 8.68. The molecule has 4 heteroatoms. The molecule has 9 rings (SSSR count). The Morgan fingerprint density at radius 1 is 0.492 bits per heavy atom. The molecule has 0 saturated carbocycles. The maximum absolute atomic E-state index is 12.4. The first-order valence-corrected chi connectivity index (χ1v) is 21.3. The van der Waals surface area contributed by atoms with Gasteiger partial charge in [-0.05, 0) is 92.1 Å². The van der Waals surface area contributed by atoms with Crippen LogP contribution >= 0.6 is 0 Å². The van der Waals surface area contributed by atoms with Crippen molar-refractivity contribution in [3.8, 4) is 56.3 Å². The lowest BCUT2D eigenvalue weighted by molar-refractivity contribution is 0.446. The monoisotopic (exact) mass is 795 g/mol. The number of fused-ring (bicyclic) bond motifs is 2. The van der Waals surface area contributed by atoms with Crippen molar-refractivity contribution in [1.82, 2.24) is 14.5 Å². The fourth-order valence-corrected chi connectivity index (χ4v) is 8.68. The van der Waals surface area contributed by atoms with Gasteiger partial charge >= 0.3 is 0 Å². The number of phenolic OH excluding ortho intramolecular Hbond substituents is 1. The first-order valence-electron chi connectivity index (χ1n) is 21.3. The van der Waals surface area contributed by atoms with Crippen LogP contribution in [-0.2, 0) is 16.2 Å². The highest BCUT2D eigenvalue weighted by Gasteiger charge is 2.30. The van der Waals surface area contributed by atoms with E-state index in [0.29, 0.717) is 11.4 Å². The van der Waals surface area contributed by atoms with Gasteiger partial charge in [0.1, 0.15) is 11.6 Å². The molecule has 0 aliphatic rings. The number of aromatic hydroxyl groups is 1. The van der Waals surface area contributed by atoms with Crippen molar-refractivity contribution < 1.29 is 5.11 Å². The number of para-hydroxylation sites is 1. The van der Waals surface area contributed by atoms with E-state index in [4.69, 9.17) is 9.97 Å². The second-order valence-corrected chi connectivity index (χ2v) is 18.9. The highest BCUT2D eigenvalue weighted by molar-refractivity contribution is 6.00. The number of rotatable bonds is 7. The number of hydrogen-bond donors (Lipinski definition) is 1. The van der Waals surface area contributed by atoms with Crippen LogP contribution in [0.3, 0.4) is 0 Å². The van der Waals surface area contributed by atoms with E-state index in [9.17, 15) is 5.11 Å². The number of benzene rings is 7. The molecule has 2 aromatic heterocycles. The molecule has 1 N–H and O–H groups in total. The predicted molar refractivity (Wildman–Crippen MR) is 256 cm³/mol. The molecule has 0 aliphatic carbocycles. The molecule has 0 spiro atoms. The highest BCUT2D eigenvalue weighted by atomic mass is 16.3. The zero-order chi connectivity index (χ0) is 42.7. The molecular formula is C57H53N3O. The van der Waals surface area contributed by atoms with Gasteiger partial charge in [0.05, 0.1) is 28.0 Å². The molecule has 0 unspecified atom stereocenters. The average Bonchev–Trinajstić information content (AvgIpc) is 3.65. The molecular weight excluding hydrogens is 743 g/mol. The van der Waals surface area contributed by atoms with E-state index in [2.05, 4.69) is 218 Å². The Hall–Kier alpha value is -6.78. The summed E-state index contributed by atoms with van der Waals surface area (Å²) in [6.45, 7) is 17.8. The molecule has 4 nitrogen and oxygen atoms in total. The summed E-state index contributed by atoms with van der Waals surface area (Å²) in [5.74, 6) is 0.961. The highest BCUT2D eigenvalue weighted by Crippen LogP contribution is 2.46. The van der Waals surface area contributed by atoms with Crippen LogP contribution in [0, 0.1) is 0 Å². The number of hydrogen-bond acceptors (Lipinski definition) is 3. The molecule has 61 heavy (non-hydrogen) atoms. The van der Waals surface area contributed by atoms with E-state index in [1.54, 1.807) is 0 Å². The zero-order valence-electron chi connectivity index (χ0n) is 36.5. The summed E-state index contributed by atoms with van der Waals surface area (Å²) < 4.78 is 2.26. The van der Waals surface area contributed by atoms with Gasteiger partial charge in [-0.2, -0.15) is 0 Å². The molecule has 7 aromatic carbocycles. The first kappa shape index (κ1) is 39.7. The molecule has 9 aromatic rings. The molecule has 0 atom stereocenters. The van der Waals surface area contributed by atoms with Gasteiger partial charge in [0.15, 0.2) is 0 Å². The zero-order valence-corrected chi connectivity index (χ0v) is 36.5. The van der Waals surface area contributed by atoms with E-state index in [-0.39, 0.29) is 22.0 Å². The Bertz CT molecular complexity index is 3070. The van der Waals surface area contributed by atoms with Crippen LogP contribution in [0.1, 0.15) is 77.6 Å². The lowest BCUT2D eigenvalue weighted by Gasteiger charge is -2.27. The third-order valence-electron chi connectivity index (χ3n) is 12.3. The van der Waals surface area contributed by atoms with Crippen molar-refractivity contribution in [3.05, 3.63) is 192 Å². The van der Waals surface area contributed by atoms with Crippen molar-refractivity contribution in [2.75, 3.05) is 0 Å². The molecule has 2 heterocycles. The molecule has 0 amide bonds. The third-order valence-corrected chi connectivity index (χ3v) is 12.3. The lowest BCUT2D eigenvalue weighted by atomic mass is 9.76. The van der Waals surface area contributed by atoms with E-state index in [0.717, 1.165) is 72.1 Å². The van der Waals surface area contributed by atoms with Gasteiger partial charge in [-0.3, -0.25) is 9.55 Å².